The van der Waals surface area contributed by atoms with E-state index >= 15 is 0 Å². The molecule has 3 rings (SSSR count). The van der Waals surface area contributed by atoms with Gasteiger partial charge in [0, 0.05) is 6.04 Å². The van der Waals surface area contributed by atoms with Crippen LogP contribution in [0.4, 0.5) is 13.2 Å². The van der Waals surface area contributed by atoms with Crippen molar-refractivity contribution in [2.45, 2.75) is 50.1 Å². The highest BCUT2D eigenvalue weighted by atomic mass is 19.4. The van der Waals surface area contributed by atoms with Gasteiger partial charge in [0.25, 0.3) is 0 Å². The van der Waals surface area contributed by atoms with Crippen molar-refractivity contribution in [1.82, 2.24) is 5.32 Å². The Bertz CT molecular complexity index is 573. The number of carbonyl (C=O) groups is 1. The first-order chi connectivity index (χ1) is 11.4. The summed E-state index contributed by atoms with van der Waals surface area (Å²) in [4.78, 5) is 12.1. The molecule has 0 radical (unpaired) electrons. The second kappa shape index (κ2) is 7.11. The molecule has 132 valence electrons. The molecule has 0 spiro atoms. The maximum atomic E-state index is 12.5. The van der Waals surface area contributed by atoms with Gasteiger partial charge < -0.3 is 14.8 Å². The standard InChI is InChI=1S/C17H20F3NO3/c18-17(19,20)12-3-1-11(2-4-12)9-16(22)21-13-5-6-14-15(10-13)24-8-7-23-14/h1-4,13-15H,5-10H2,(H,21,22)/t13-,14+,15-/m1/s1. The van der Waals surface area contributed by atoms with Gasteiger partial charge in [0.2, 0.25) is 5.91 Å². The van der Waals surface area contributed by atoms with Crippen LogP contribution in [0.1, 0.15) is 30.4 Å². The lowest BCUT2D eigenvalue weighted by molar-refractivity contribution is -0.158. The average Bonchev–Trinajstić information content (AvgIpc) is 2.54. The molecule has 1 aliphatic carbocycles. The summed E-state index contributed by atoms with van der Waals surface area (Å²) in [7, 11) is 0. The van der Waals surface area contributed by atoms with Crippen molar-refractivity contribution in [1.29, 1.82) is 0 Å². The van der Waals surface area contributed by atoms with Crippen molar-refractivity contribution in [2.24, 2.45) is 0 Å². The van der Waals surface area contributed by atoms with Crippen LogP contribution in [-0.2, 0) is 26.9 Å². The summed E-state index contributed by atoms with van der Waals surface area (Å²) in [5.41, 5.74) is -0.147. The number of hydrogen-bond donors (Lipinski definition) is 1. The van der Waals surface area contributed by atoms with Crippen LogP contribution in [0, 0.1) is 0 Å². The third-order valence-electron chi connectivity index (χ3n) is 4.49. The predicted octanol–water partition coefficient (Wildman–Crippen LogP) is 2.70. The highest BCUT2D eigenvalue weighted by Gasteiger charge is 2.34. The predicted molar refractivity (Wildman–Crippen MR) is 80.4 cm³/mol. The summed E-state index contributed by atoms with van der Waals surface area (Å²) in [6, 6.07) is 4.71. The molecule has 24 heavy (non-hydrogen) atoms. The van der Waals surface area contributed by atoms with Crippen molar-refractivity contribution < 1.29 is 27.4 Å². The van der Waals surface area contributed by atoms with Crippen molar-refractivity contribution >= 4 is 5.91 Å². The maximum Gasteiger partial charge on any atom is 0.416 e. The average molecular weight is 343 g/mol. The zero-order valence-electron chi connectivity index (χ0n) is 13.1. The molecule has 1 amide bonds. The van der Waals surface area contributed by atoms with Gasteiger partial charge >= 0.3 is 6.18 Å². The molecule has 3 atom stereocenters. The van der Waals surface area contributed by atoms with E-state index in [2.05, 4.69) is 5.32 Å². The van der Waals surface area contributed by atoms with Crippen LogP contribution in [0.15, 0.2) is 24.3 Å². The topological polar surface area (TPSA) is 47.6 Å². The number of rotatable bonds is 3. The Morgan fingerprint density at radius 1 is 1.08 bits per heavy atom. The molecular formula is C17H20F3NO3. The summed E-state index contributed by atoms with van der Waals surface area (Å²) >= 11 is 0. The number of hydrogen-bond acceptors (Lipinski definition) is 3. The number of nitrogens with one attached hydrogen (secondary N) is 1. The highest BCUT2D eigenvalue weighted by molar-refractivity contribution is 5.78. The molecular weight excluding hydrogens is 323 g/mol. The summed E-state index contributed by atoms with van der Waals surface area (Å²) in [6.45, 7) is 1.19. The van der Waals surface area contributed by atoms with E-state index in [1.165, 1.54) is 12.1 Å². The van der Waals surface area contributed by atoms with Gasteiger partial charge in [0.15, 0.2) is 0 Å². The zero-order valence-corrected chi connectivity index (χ0v) is 13.1. The Hall–Kier alpha value is -1.60. The Kier molecular flexibility index (Phi) is 5.10. The molecule has 4 nitrogen and oxygen atoms in total. The summed E-state index contributed by atoms with van der Waals surface area (Å²) < 4.78 is 48.9. The van der Waals surface area contributed by atoms with Crippen LogP contribution >= 0.6 is 0 Å². The highest BCUT2D eigenvalue weighted by Crippen LogP contribution is 2.29. The van der Waals surface area contributed by atoms with E-state index < -0.39 is 11.7 Å². The fourth-order valence-electron chi connectivity index (χ4n) is 3.27. The van der Waals surface area contributed by atoms with Crippen LogP contribution < -0.4 is 5.32 Å². The molecule has 1 aliphatic heterocycles. The van der Waals surface area contributed by atoms with E-state index in [-0.39, 0.29) is 30.6 Å². The molecule has 1 aromatic carbocycles. The fraction of sp³-hybridized carbons (Fsp3) is 0.588. The molecule has 0 bridgehead atoms. The monoisotopic (exact) mass is 343 g/mol. The van der Waals surface area contributed by atoms with Gasteiger partial charge in [0.1, 0.15) is 0 Å². The largest absolute Gasteiger partial charge is 0.416 e. The minimum atomic E-state index is -4.36. The van der Waals surface area contributed by atoms with E-state index in [0.29, 0.717) is 25.2 Å². The first-order valence-electron chi connectivity index (χ1n) is 8.10. The van der Waals surface area contributed by atoms with Gasteiger partial charge in [-0.25, -0.2) is 0 Å². The molecule has 2 aliphatic rings. The Balaban J connectivity index is 1.50. The molecule has 1 N–H and O–H groups in total. The zero-order chi connectivity index (χ0) is 17.2. The van der Waals surface area contributed by atoms with Crippen molar-refractivity contribution in [3.05, 3.63) is 35.4 Å². The van der Waals surface area contributed by atoms with E-state index in [1.54, 1.807) is 0 Å². The lowest BCUT2D eigenvalue weighted by Crippen LogP contribution is -2.49. The van der Waals surface area contributed by atoms with Gasteiger partial charge in [-0.2, -0.15) is 13.2 Å². The molecule has 1 saturated heterocycles. The SMILES string of the molecule is O=C(Cc1ccc(C(F)(F)F)cc1)N[C@@H]1CC[C@@H]2OCCO[C@@H]2C1. The second-order valence-electron chi connectivity index (χ2n) is 6.27. The van der Waals surface area contributed by atoms with Crippen LogP contribution in [-0.4, -0.2) is 37.4 Å². The van der Waals surface area contributed by atoms with E-state index in [9.17, 15) is 18.0 Å². The van der Waals surface area contributed by atoms with Crippen molar-refractivity contribution in [3.63, 3.8) is 0 Å². The number of ether oxygens (including phenoxy) is 2. The number of benzene rings is 1. The minimum Gasteiger partial charge on any atom is -0.373 e. The van der Waals surface area contributed by atoms with Gasteiger partial charge in [-0.05, 0) is 37.0 Å². The second-order valence-corrected chi connectivity index (χ2v) is 6.27. The molecule has 1 saturated carbocycles. The number of halogens is 3. The third kappa shape index (κ3) is 4.27. The normalized spacial score (nSPS) is 27.4. The van der Waals surface area contributed by atoms with Crippen LogP contribution in [0.3, 0.4) is 0 Å². The van der Waals surface area contributed by atoms with Crippen LogP contribution in [0.2, 0.25) is 0 Å². The van der Waals surface area contributed by atoms with Crippen molar-refractivity contribution in [3.8, 4) is 0 Å². The maximum absolute atomic E-state index is 12.5. The fourth-order valence-corrected chi connectivity index (χ4v) is 3.27. The summed E-state index contributed by atoms with van der Waals surface area (Å²) in [5.74, 6) is -0.185. The van der Waals surface area contributed by atoms with Gasteiger partial charge in [-0.3, -0.25) is 4.79 Å². The molecule has 2 fully saturated rings. The van der Waals surface area contributed by atoms with E-state index in [0.717, 1.165) is 25.0 Å². The lowest BCUT2D eigenvalue weighted by Gasteiger charge is -2.39. The molecule has 0 unspecified atom stereocenters. The van der Waals surface area contributed by atoms with Crippen molar-refractivity contribution in [2.75, 3.05) is 13.2 Å². The van der Waals surface area contributed by atoms with Crippen LogP contribution in [0.25, 0.3) is 0 Å². The first-order valence-corrected chi connectivity index (χ1v) is 8.10. The molecule has 0 aromatic heterocycles. The van der Waals surface area contributed by atoms with E-state index in [4.69, 9.17) is 9.47 Å². The number of alkyl halides is 3. The van der Waals surface area contributed by atoms with Crippen LogP contribution in [0.5, 0.6) is 0 Å². The Morgan fingerprint density at radius 3 is 2.42 bits per heavy atom. The summed E-state index contributed by atoms with van der Waals surface area (Å²) in [5, 5.41) is 2.95. The lowest BCUT2D eigenvalue weighted by atomic mass is 9.89. The number of amides is 1. The Labute approximate surface area is 138 Å². The molecule has 1 heterocycles. The Morgan fingerprint density at radius 2 is 1.75 bits per heavy atom. The first kappa shape index (κ1) is 17.2. The number of carbonyl (C=O) groups excluding carboxylic acids is 1. The van der Waals surface area contributed by atoms with Gasteiger partial charge in [0.05, 0.1) is 37.4 Å². The van der Waals surface area contributed by atoms with E-state index in [1.807, 2.05) is 0 Å². The number of fused-ring (bicyclic) bond motifs is 1. The minimum absolute atomic E-state index is 0.0175. The summed E-state index contributed by atoms with van der Waals surface area (Å²) in [6.07, 6.45) is -1.78. The quantitative estimate of drug-likeness (QED) is 0.918. The smallest absolute Gasteiger partial charge is 0.373 e. The third-order valence-corrected chi connectivity index (χ3v) is 4.49. The van der Waals surface area contributed by atoms with Gasteiger partial charge in [-0.15, -0.1) is 0 Å². The molecule has 1 aromatic rings. The van der Waals surface area contributed by atoms with Gasteiger partial charge in [-0.1, -0.05) is 12.1 Å². The molecule has 7 heteroatoms.